The van der Waals surface area contributed by atoms with E-state index in [1.165, 1.54) is 0 Å². The van der Waals surface area contributed by atoms with Gasteiger partial charge in [0.25, 0.3) is 0 Å². The maximum Gasteiger partial charge on any atom is 0.239 e. The molecule has 2 aliphatic rings. The van der Waals surface area contributed by atoms with Gasteiger partial charge in [-0.3, -0.25) is 9.59 Å². The van der Waals surface area contributed by atoms with Crippen LogP contribution in [0.4, 0.5) is 0 Å². The first kappa shape index (κ1) is 13.3. The molecule has 18 heavy (non-hydrogen) atoms. The van der Waals surface area contributed by atoms with Gasteiger partial charge in [-0.15, -0.1) is 0 Å². The third-order valence-corrected chi connectivity index (χ3v) is 3.75. The maximum absolute atomic E-state index is 12.0. The number of carbonyl (C=O) groups excluding carboxylic acids is 2. The molecule has 0 unspecified atom stereocenters. The predicted molar refractivity (Wildman–Crippen MR) is 68.8 cm³/mol. The number of hydrogen-bond donors (Lipinski definition) is 1. The van der Waals surface area contributed by atoms with Crippen LogP contribution in [-0.4, -0.2) is 53.8 Å². The molecule has 1 aliphatic carbocycles. The summed E-state index contributed by atoms with van der Waals surface area (Å²) in [5.74, 6) is 0.588. The van der Waals surface area contributed by atoms with Crippen molar-refractivity contribution in [3.8, 4) is 0 Å². The van der Waals surface area contributed by atoms with Gasteiger partial charge in [0.15, 0.2) is 0 Å². The topological polar surface area (TPSA) is 66.6 Å². The van der Waals surface area contributed by atoms with Gasteiger partial charge in [0.2, 0.25) is 11.8 Å². The van der Waals surface area contributed by atoms with Gasteiger partial charge in [-0.05, 0) is 19.3 Å². The summed E-state index contributed by atoms with van der Waals surface area (Å²) in [5, 5.41) is 0. The summed E-state index contributed by atoms with van der Waals surface area (Å²) in [6.07, 6.45) is 3.74. The summed E-state index contributed by atoms with van der Waals surface area (Å²) in [6.45, 7) is 4.63. The SMILES string of the molecule is CCC[C@@H](N)C(=O)N1CCN(C(=O)C2CC2)CC1. The molecule has 0 bridgehead atoms. The zero-order chi connectivity index (χ0) is 13.1. The van der Waals surface area contributed by atoms with Crippen molar-refractivity contribution in [2.24, 2.45) is 11.7 Å². The van der Waals surface area contributed by atoms with Gasteiger partial charge < -0.3 is 15.5 Å². The molecule has 0 aromatic carbocycles. The Balaban J connectivity index is 1.78. The number of piperazine rings is 1. The molecule has 2 rings (SSSR count). The molecule has 5 heteroatoms. The number of carbonyl (C=O) groups is 2. The minimum Gasteiger partial charge on any atom is -0.339 e. The second-order valence-electron chi connectivity index (χ2n) is 5.32. The molecule has 2 N–H and O–H groups in total. The highest BCUT2D eigenvalue weighted by Crippen LogP contribution is 2.31. The normalized spacial score (nSPS) is 21.9. The Bertz CT molecular complexity index is 320. The number of amides is 2. The average Bonchev–Trinajstić information content (AvgIpc) is 3.22. The van der Waals surface area contributed by atoms with Crippen molar-refractivity contribution in [2.45, 2.75) is 38.6 Å². The highest BCUT2D eigenvalue weighted by molar-refractivity contribution is 5.83. The third kappa shape index (κ3) is 3.02. The number of nitrogens with two attached hydrogens (primary N) is 1. The van der Waals surface area contributed by atoms with E-state index in [2.05, 4.69) is 0 Å². The molecule has 1 saturated carbocycles. The fourth-order valence-electron chi connectivity index (χ4n) is 2.40. The Morgan fingerprint density at radius 2 is 1.72 bits per heavy atom. The minimum atomic E-state index is -0.374. The molecule has 1 aliphatic heterocycles. The lowest BCUT2D eigenvalue weighted by Crippen LogP contribution is -2.54. The van der Waals surface area contributed by atoms with Crippen molar-refractivity contribution in [1.29, 1.82) is 0 Å². The van der Waals surface area contributed by atoms with E-state index in [4.69, 9.17) is 5.73 Å². The lowest BCUT2D eigenvalue weighted by atomic mass is 10.1. The number of rotatable bonds is 4. The van der Waals surface area contributed by atoms with Gasteiger partial charge in [0, 0.05) is 32.1 Å². The Kier molecular flexibility index (Phi) is 4.22. The molecule has 0 spiro atoms. The first-order valence-corrected chi connectivity index (χ1v) is 6.96. The van der Waals surface area contributed by atoms with Crippen molar-refractivity contribution in [3.63, 3.8) is 0 Å². The summed E-state index contributed by atoms with van der Waals surface area (Å²) >= 11 is 0. The van der Waals surface area contributed by atoms with E-state index in [0.717, 1.165) is 25.7 Å². The number of hydrogen-bond acceptors (Lipinski definition) is 3. The fourth-order valence-corrected chi connectivity index (χ4v) is 2.40. The van der Waals surface area contributed by atoms with Crippen molar-refractivity contribution >= 4 is 11.8 Å². The zero-order valence-electron chi connectivity index (χ0n) is 11.1. The van der Waals surface area contributed by atoms with Crippen LogP contribution in [0.5, 0.6) is 0 Å². The van der Waals surface area contributed by atoms with E-state index in [-0.39, 0.29) is 23.8 Å². The summed E-state index contributed by atoms with van der Waals surface area (Å²) in [7, 11) is 0. The lowest BCUT2D eigenvalue weighted by Gasteiger charge is -2.36. The van der Waals surface area contributed by atoms with Gasteiger partial charge in [-0.25, -0.2) is 0 Å². The Morgan fingerprint density at radius 3 is 2.22 bits per heavy atom. The van der Waals surface area contributed by atoms with Crippen molar-refractivity contribution < 1.29 is 9.59 Å². The fraction of sp³-hybridized carbons (Fsp3) is 0.846. The second-order valence-corrected chi connectivity index (χ2v) is 5.32. The molecule has 0 aromatic heterocycles. The van der Waals surface area contributed by atoms with Crippen LogP contribution in [0.3, 0.4) is 0 Å². The summed E-state index contributed by atoms with van der Waals surface area (Å²) in [6, 6.07) is -0.374. The van der Waals surface area contributed by atoms with Crippen molar-refractivity contribution in [3.05, 3.63) is 0 Å². The van der Waals surface area contributed by atoms with Crippen LogP contribution < -0.4 is 5.73 Å². The average molecular weight is 253 g/mol. The van der Waals surface area contributed by atoms with Gasteiger partial charge in [-0.2, -0.15) is 0 Å². The molecule has 2 amide bonds. The molecule has 2 fully saturated rings. The van der Waals surface area contributed by atoms with E-state index in [1.807, 2.05) is 11.8 Å². The van der Waals surface area contributed by atoms with E-state index in [1.54, 1.807) is 4.90 Å². The zero-order valence-corrected chi connectivity index (χ0v) is 11.1. The van der Waals surface area contributed by atoms with Crippen LogP contribution in [0.1, 0.15) is 32.6 Å². The maximum atomic E-state index is 12.0. The molecule has 0 radical (unpaired) electrons. The van der Waals surface area contributed by atoms with Gasteiger partial charge in [0.05, 0.1) is 6.04 Å². The Labute approximate surface area is 108 Å². The number of nitrogens with zero attached hydrogens (tertiary/aromatic N) is 2. The van der Waals surface area contributed by atoms with Gasteiger partial charge in [0.1, 0.15) is 0 Å². The molecule has 1 heterocycles. The molecule has 102 valence electrons. The highest BCUT2D eigenvalue weighted by Gasteiger charge is 2.35. The first-order valence-electron chi connectivity index (χ1n) is 6.96. The summed E-state index contributed by atoms with van der Waals surface area (Å²) in [4.78, 5) is 27.6. The predicted octanol–water partition coefficient (Wildman–Crippen LogP) is 0.195. The molecule has 0 aromatic rings. The quantitative estimate of drug-likeness (QED) is 0.778. The highest BCUT2D eigenvalue weighted by atomic mass is 16.2. The van der Waals surface area contributed by atoms with Crippen LogP contribution in [0, 0.1) is 5.92 Å². The standard InChI is InChI=1S/C13H23N3O2/c1-2-3-11(14)13(18)16-8-6-15(7-9-16)12(17)10-4-5-10/h10-11H,2-9,14H2,1H3/t11-/m1/s1. The Morgan fingerprint density at radius 1 is 1.17 bits per heavy atom. The molecular weight excluding hydrogens is 230 g/mol. The Hall–Kier alpha value is -1.10. The van der Waals surface area contributed by atoms with Crippen LogP contribution in [0.15, 0.2) is 0 Å². The summed E-state index contributed by atoms with van der Waals surface area (Å²) < 4.78 is 0. The molecule has 1 atom stereocenters. The largest absolute Gasteiger partial charge is 0.339 e. The molecule has 5 nitrogen and oxygen atoms in total. The van der Waals surface area contributed by atoms with Crippen LogP contribution in [0.25, 0.3) is 0 Å². The van der Waals surface area contributed by atoms with Crippen LogP contribution in [0.2, 0.25) is 0 Å². The van der Waals surface area contributed by atoms with Crippen molar-refractivity contribution in [2.75, 3.05) is 26.2 Å². The van der Waals surface area contributed by atoms with Gasteiger partial charge in [-0.1, -0.05) is 13.3 Å². The summed E-state index contributed by atoms with van der Waals surface area (Å²) in [5.41, 5.74) is 5.84. The van der Waals surface area contributed by atoms with Crippen LogP contribution in [-0.2, 0) is 9.59 Å². The smallest absolute Gasteiger partial charge is 0.239 e. The molecular formula is C13H23N3O2. The minimum absolute atomic E-state index is 0.0374. The molecule has 1 saturated heterocycles. The monoisotopic (exact) mass is 253 g/mol. The van der Waals surface area contributed by atoms with E-state index >= 15 is 0 Å². The second kappa shape index (κ2) is 5.69. The third-order valence-electron chi connectivity index (χ3n) is 3.75. The van der Waals surface area contributed by atoms with E-state index < -0.39 is 0 Å². The van der Waals surface area contributed by atoms with E-state index in [0.29, 0.717) is 26.2 Å². The van der Waals surface area contributed by atoms with Crippen molar-refractivity contribution in [1.82, 2.24) is 9.80 Å². The van der Waals surface area contributed by atoms with E-state index in [9.17, 15) is 9.59 Å². The lowest BCUT2D eigenvalue weighted by molar-refractivity contribution is -0.141. The van der Waals surface area contributed by atoms with Gasteiger partial charge >= 0.3 is 0 Å². The first-order chi connectivity index (χ1) is 8.63. The van der Waals surface area contributed by atoms with Crippen LogP contribution >= 0.6 is 0 Å².